The van der Waals surface area contributed by atoms with Gasteiger partial charge in [-0.2, -0.15) is 0 Å². The summed E-state index contributed by atoms with van der Waals surface area (Å²) < 4.78 is 5.12. The van der Waals surface area contributed by atoms with Crippen LogP contribution in [-0.4, -0.2) is 59.4 Å². The van der Waals surface area contributed by atoms with E-state index in [-0.39, 0.29) is 23.9 Å². The molecule has 1 aromatic carbocycles. The van der Waals surface area contributed by atoms with Crippen molar-refractivity contribution in [2.24, 2.45) is 0 Å². The van der Waals surface area contributed by atoms with Crippen LogP contribution < -0.4 is 10.1 Å². The molecule has 26 heavy (non-hydrogen) atoms. The van der Waals surface area contributed by atoms with Crippen molar-refractivity contribution in [3.05, 3.63) is 29.8 Å². The van der Waals surface area contributed by atoms with E-state index in [9.17, 15) is 14.4 Å². The molecule has 3 rings (SSSR count). The third kappa shape index (κ3) is 3.25. The molecule has 7 heteroatoms. The number of hydrogen-bond acceptors (Lipinski definition) is 4. The van der Waals surface area contributed by atoms with Crippen LogP contribution in [0, 0.1) is 0 Å². The van der Waals surface area contributed by atoms with Gasteiger partial charge in [-0.05, 0) is 44.4 Å². The molecule has 1 N–H and O–H groups in total. The van der Waals surface area contributed by atoms with Gasteiger partial charge in [0.15, 0.2) is 0 Å². The van der Waals surface area contributed by atoms with Crippen LogP contribution in [-0.2, 0) is 16.0 Å². The number of benzene rings is 1. The van der Waals surface area contributed by atoms with Crippen molar-refractivity contribution >= 4 is 17.8 Å². The molecular formula is C19H25N3O4. The molecule has 0 saturated carbocycles. The van der Waals surface area contributed by atoms with Crippen LogP contribution in [0.3, 0.4) is 0 Å². The molecule has 4 amide bonds. The van der Waals surface area contributed by atoms with E-state index in [2.05, 4.69) is 5.32 Å². The summed E-state index contributed by atoms with van der Waals surface area (Å²) in [4.78, 5) is 40.4. The maximum atomic E-state index is 12.7. The summed E-state index contributed by atoms with van der Waals surface area (Å²) in [5.41, 5.74) is 0.0745. The van der Waals surface area contributed by atoms with Crippen LogP contribution in [0.1, 0.15) is 32.3 Å². The Morgan fingerprint density at radius 2 is 1.81 bits per heavy atom. The Hall–Kier alpha value is -2.57. The zero-order valence-electron chi connectivity index (χ0n) is 15.4. The molecule has 0 radical (unpaired) electrons. The van der Waals surface area contributed by atoms with Gasteiger partial charge in [-0.25, -0.2) is 4.79 Å². The Balaban J connectivity index is 1.60. The molecule has 2 aliphatic heterocycles. The number of methoxy groups -OCH3 is 1. The average Bonchev–Trinajstić information content (AvgIpc) is 2.86. The molecule has 2 aliphatic rings. The van der Waals surface area contributed by atoms with Gasteiger partial charge in [-0.3, -0.25) is 14.5 Å². The highest BCUT2D eigenvalue weighted by molar-refractivity contribution is 6.07. The number of rotatable bonds is 4. The lowest BCUT2D eigenvalue weighted by molar-refractivity contribution is -0.138. The number of ether oxygens (including phenoxy) is 1. The van der Waals surface area contributed by atoms with E-state index in [0.717, 1.165) is 11.3 Å². The fourth-order valence-corrected chi connectivity index (χ4v) is 3.62. The molecule has 0 atom stereocenters. The van der Waals surface area contributed by atoms with Gasteiger partial charge < -0.3 is 15.0 Å². The Labute approximate surface area is 153 Å². The molecule has 2 saturated heterocycles. The second-order valence-corrected chi connectivity index (χ2v) is 7.19. The standard InChI is InChI=1S/C19H25N3O4/c1-13(2)22-17(24)19(20-18(22)25)8-10-21(11-9-19)16(23)12-14-4-6-15(26-3)7-5-14/h4-7,13H,8-12H2,1-3H3,(H,20,25). The molecule has 1 spiro atoms. The first-order valence-corrected chi connectivity index (χ1v) is 8.93. The van der Waals surface area contributed by atoms with Gasteiger partial charge in [0.1, 0.15) is 11.3 Å². The minimum atomic E-state index is -0.849. The summed E-state index contributed by atoms with van der Waals surface area (Å²) in [6.07, 6.45) is 1.22. The Kier molecular flexibility index (Phi) is 4.89. The Morgan fingerprint density at radius 1 is 1.19 bits per heavy atom. The quantitative estimate of drug-likeness (QED) is 0.828. The zero-order valence-corrected chi connectivity index (χ0v) is 15.4. The first-order chi connectivity index (χ1) is 12.4. The van der Waals surface area contributed by atoms with Crippen LogP contribution in [0.15, 0.2) is 24.3 Å². The monoisotopic (exact) mass is 359 g/mol. The average molecular weight is 359 g/mol. The number of piperidine rings is 1. The van der Waals surface area contributed by atoms with Crippen LogP contribution in [0.25, 0.3) is 0 Å². The van der Waals surface area contributed by atoms with Crippen molar-refractivity contribution < 1.29 is 19.1 Å². The normalized spacial score (nSPS) is 19.2. The van der Waals surface area contributed by atoms with E-state index in [0.29, 0.717) is 32.4 Å². The third-order valence-electron chi connectivity index (χ3n) is 5.19. The maximum Gasteiger partial charge on any atom is 0.325 e. The molecule has 0 aromatic heterocycles. The number of nitrogens with one attached hydrogen (secondary N) is 1. The van der Waals surface area contributed by atoms with Gasteiger partial charge in [0.25, 0.3) is 5.91 Å². The fourth-order valence-electron chi connectivity index (χ4n) is 3.62. The first-order valence-electron chi connectivity index (χ1n) is 8.93. The van der Waals surface area contributed by atoms with Crippen molar-refractivity contribution in [3.63, 3.8) is 0 Å². The SMILES string of the molecule is COc1ccc(CC(=O)N2CCC3(CC2)NC(=O)N(C(C)C)C3=O)cc1. The van der Waals surface area contributed by atoms with Crippen LogP contribution >= 0.6 is 0 Å². The van der Waals surface area contributed by atoms with Gasteiger partial charge in [-0.1, -0.05) is 12.1 Å². The minimum absolute atomic E-state index is 0.0301. The molecule has 2 fully saturated rings. The molecule has 2 heterocycles. The fraction of sp³-hybridized carbons (Fsp3) is 0.526. The smallest absolute Gasteiger partial charge is 0.325 e. The summed E-state index contributed by atoms with van der Waals surface area (Å²) in [6, 6.07) is 6.93. The molecule has 1 aromatic rings. The Bertz CT molecular complexity index is 706. The number of nitrogens with zero attached hydrogens (tertiary/aromatic N) is 2. The largest absolute Gasteiger partial charge is 0.497 e. The lowest BCUT2D eigenvalue weighted by Crippen LogP contribution is -2.56. The van der Waals surface area contributed by atoms with Gasteiger partial charge >= 0.3 is 6.03 Å². The number of hydrogen-bond donors (Lipinski definition) is 1. The van der Waals surface area contributed by atoms with E-state index >= 15 is 0 Å². The molecule has 140 valence electrons. The zero-order chi connectivity index (χ0) is 18.9. The second-order valence-electron chi connectivity index (χ2n) is 7.19. The molecule has 0 unspecified atom stereocenters. The number of carbonyl (C=O) groups is 3. The first kappa shape index (κ1) is 18.2. The lowest BCUT2D eigenvalue weighted by Gasteiger charge is -2.37. The lowest BCUT2D eigenvalue weighted by atomic mass is 9.87. The Morgan fingerprint density at radius 3 is 2.31 bits per heavy atom. The van der Waals surface area contributed by atoms with Crippen molar-refractivity contribution in [1.82, 2.24) is 15.1 Å². The number of carbonyl (C=O) groups excluding carboxylic acids is 3. The number of imide groups is 1. The number of urea groups is 1. The van der Waals surface area contributed by atoms with Crippen molar-refractivity contribution in [3.8, 4) is 5.75 Å². The van der Waals surface area contributed by atoms with Crippen LogP contribution in [0.2, 0.25) is 0 Å². The van der Waals surface area contributed by atoms with Gasteiger partial charge in [0, 0.05) is 19.1 Å². The highest BCUT2D eigenvalue weighted by Crippen LogP contribution is 2.30. The van der Waals surface area contributed by atoms with E-state index in [1.807, 2.05) is 38.1 Å². The van der Waals surface area contributed by atoms with Crippen molar-refractivity contribution in [1.29, 1.82) is 0 Å². The predicted octanol–water partition coefficient (Wildman–Crippen LogP) is 1.56. The topological polar surface area (TPSA) is 79.0 Å². The summed E-state index contributed by atoms with van der Waals surface area (Å²) in [5.74, 6) is 0.619. The number of likely N-dealkylation sites (tertiary alicyclic amines) is 1. The molecule has 0 aliphatic carbocycles. The maximum absolute atomic E-state index is 12.7. The third-order valence-corrected chi connectivity index (χ3v) is 5.19. The highest BCUT2D eigenvalue weighted by Gasteiger charge is 2.53. The van der Waals surface area contributed by atoms with E-state index in [1.165, 1.54) is 4.90 Å². The predicted molar refractivity (Wildman–Crippen MR) is 95.8 cm³/mol. The van der Waals surface area contributed by atoms with Gasteiger partial charge in [0.2, 0.25) is 5.91 Å². The molecular weight excluding hydrogens is 334 g/mol. The second kappa shape index (κ2) is 6.97. The van der Waals surface area contributed by atoms with E-state index < -0.39 is 5.54 Å². The summed E-state index contributed by atoms with van der Waals surface area (Å²) in [5, 5.41) is 2.86. The minimum Gasteiger partial charge on any atom is -0.497 e. The number of amides is 4. The van der Waals surface area contributed by atoms with Crippen LogP contribution in [0.5, 0.6) is 5.75 Å². The van der Waals surface area contributed by atoms with E-state index in [1.54, 1.807) is 12.0 Å². The van der Waals surface area contributed by atoms with Crippen LogP contribution in [0.4, 0.5) is 4.79 Å². The van der Waals surface area contributed by atoms with E-state index in [4.69, 9.17) is 4.74 Å². The summed E-state index contributed by atoms with van der Waals surface area (Å²) in [6.45, 7) is 4.58. The van der Waals surface area contributed by atoms with Gasteiger partial charge in [0.05, 0.1) is 13.5 Å². The van der Waals surface area contributed by atoms with Crippen molar-refractivity contribution in [2.75, 3.05) is 20.2 Å². The highest BCUT2D eigenvalue weighted by atomic mass is 16.5. The van der Waals surface area contributed by atoms with Crippen molar-refractivity contribution in [2.45, 2.75) is 44.7 Å². The summed E-state index contributed by atoms with van der Waals surface area (Å²) in [7, 11) is 1.60. The summed E-state index contributed by atoms with van der Waals surface area (Å²) >= 11 is 0. The molecule has 0 bridgehead atoms. The van der Waals surface area contributed by atoms with Gasteiger partial charge in [-0.15, -0.1) is 0 Å². The molecule has 7 nitrogen and oxygen atoms in total.